The average Bonchev–Trinajstić information content (AvgIpc) is 3.55. The Bertz CT molecular complexity index is 1650. The zero-order valence-corrected chi connectivity index (χ0v) is 40.3. The fourth-order valence-electron chi connectivity index (χ4n) is 10.9. The topological polar surface area (TPSA) is 40.5 Å². The normalized spacial score (nSPS) is 27.9. The van der Waals surface area contributed by atoms with Crippen LogP contribution in [0.25, 0.3) is 11.1 Å². The summed E-state index contributed by atoms with van der Waals surface area (Å²) in [6, 6.07) is 8.35. The van der Waals surface area contributed by atoms with Gasteiger partial charge in [-0.1, -0.05) is 171 Å². The summed E-state index contributed by atoms with van der Waals surface area (Å²) < 4.78 is 0. The molecule has 0 spiro atoms. The zero-order chi connectivity index (χ0) is 39.6. The van der Waals surface area contributed by atoms with Gasteiger partial charge >= 0.3 is 26.2 Å². The van der Waals surface area contributed by atoms with Crippen LogP contribution < -0.4 is 0 Å². The maximum Gasteiger partial charge on any atom is 2.00 e. The number of allylic oxidation sites excluding steroid dienone is 8. The van der Waals surface area contributed by atoms with E-state index in [0.29, 0.717) is 11.1 Å². The van der Waals surface area contributed by atoms with E-state index in [1.54, 1.807) is 0 Å². The number of phenolic OH excluding ortho intramolecular Hbond substituents is 2. The summed E-state index contributed by atoms with van der Waals surface area (Å²) in [6.45, 7) is 36.4. The van der Waals surface area contributed by atoms with Gasteiger partial charge in [-0.2, -0.15) is 0 Å². The van der Waals surface area contributed by atoms with E-state index in [1.165, 1.54) is 12.8 Å². The summed E-state index contributed by atoms with van der Waals surface area (Å²) in [7, 11) is -1.35. The molecule has 6 rings (SSSR count). The molecule has 0 heterocycles. The van der Waals surface area contributed by atoms with Crippen molar-refractivity contribution < 1.29 is 36.4 Å². The van der Waals surface area contributed by atoms with Crippen LogP contribution in [-0.2, 0) is 47.9 Å². The second-order valence-electron chi connectivity index (χ2n) is 22.2. The molecule has 0 bridgehead atoms. The van der Waals surface area contributed by atoms with Crippen molar-refractivity contribution in [3.63, 3.8) is 0 Å². The van der Waals surface area contributed by atoms with E-state index in [2.05, 4.69) is 183 Å². The molecule has 292 valence electrons. The molecule has 2 saturated carbocycles. The Kier molecular flexibility index (Phi) is 13.1. The van der Waals surface area contributed by atoms with Gasteiger partial charge in [0.2, 0.25) is 0 Å². The molecule has 2 aromatic rings. The third kappa shape index (κ3) is 8.96. The first-order valence-corrected chi connectivity index (χ1v) is 23.9. The van der Waals surface area contributed by atoms with E-state index in [9.17, 15) is 10.2 Å². The molecular formula is C50H74O2SiZr+2. The molecular weight excluding hydrogens is 752 g/mol. The Hall–Kier alpha value is -1.90. The molecule has 8 unspecified atom stereocenters. The van der Waals surface area contributed by atoms with Gasteiger partial charge in [-0.15, -0.1) is 0 Å². The third-order valence-electron chi connectivity index (χ3n) is 13.5. The van der Waals surface area contributed by atoms with Gasteiger partial charge in [0, 0.05) is 22.3 Å². The first-order valence-electron chi connectivity index (χ1n) is 20.7. The molecule has 2 aromatic carbocycles. The number of aromatic hydroxyl groups is 2. The van der Waals surface area contributed by atoms with E-state index < -0.39 is 8.07 Å². The largest absolute Gasteiger partial charge is 2.00 e. The number of fused-ring (bicyclic) bond motifs is 2. The number of hydrogen-bond donors (Lipinski definition) is 2. The van der Waals surface area contributed by atoms with Gasteiger partial charge in [0.1, 0.15) is 11.5 Å². The molecule has 4 aliphatic carbocycles. The summed E-state index contributed by atoms with van der Waals surface area (Å²) >= 11 is 0. The average molecular weight is 826 g/mol. The molecule has 0 saturated heterocycles. The van der Waals surface area contributed by atoms with Crippen molar-refractivity contribution in [1.29, 1.82) is 0 Å². The van der Waals surface area contributed by atoms with Gasteiger partial charge in [-0.25, -0.2) is 0 Å². The summed E-state index contributed by atoms with van der Waals surface area (Å²) in [6.07, 6.45) is 22.1. The van der Waals surface area contributed by atoms with Crippen molar-refractivity contribution in [2.24, 2.45) is 35.5 Å². The van der Waals surface area contributed by atoms with Crippen molar-refractivity contribution in [3.8, 4) is 22.6 Å². The Morgan fingerprint density at radius 3 is 1.11 bits per heavy atom. The van der Waals surface area contributed by atoms with E-state index in [-0.39, 0.29) is 59.4 Å². The monoisotopic (exact) mass is 824 g/mol. The fraction of sp³-hybridized carbons (Fsp3) is 0.600. The van der Waals surface area contributed by atoms with Crippen molar-refractivity contribution in [2.45, 2.75) is 156 Å². The molecule has 0 amide bonds. The molecule has 54 heavy (non-hydrogen) atoms. The second-order valence-corrected chi connectivity index (χ2v) is 27.1. The number of rotatable bonds is 3. The van der Waals surface area contributed by atoms with E-state index >= 15 is 0 Å². The van der Waals surface area contributed by atoms with Crippen molar-refractivity contribution >= 4 is 8.07 Å². The quantitative estimate of drug-likeness (QED) is 0.303. The van der Waals surface area contributed by atoms with Crippen molar-refractivity contribution in [1.82, 2.24) is 0 Å². The zero-order valence-electron chi connectivity index (χ0n) is 36.9. The number of hydrogen-bond acceptors (Lipinski definition) is 2. The Morgan fingerprint density at radius 1 is 0.500 bits per heavy atom. The molecule has 2 nitrogen and oxygen atoms in total. The summed E-state index contributed by atoms with van der Waals surface area (Å²) in [5.74, 6) is 5.61. The smallest absolute Gasteiger partial charge is 0.507 e. The maximum absolute atomic E-state index is 11.4. The minimum absolute atomic E-state index is 0. The molecule has 0 radical (unpaired) electrons. The molecule has 0 aliphatic heterocycles. The van der Waals surface area contributed by atoms with Crippen LogP contribution in [0.2, 0.25) is 24.2 Å². The van der Waals surface area contributed by atoms with Crippen LogP contribution in [0, 0.1) is 35.5 Å². The first kappa shape index (κ1) is 44.8. The molecule has 4 heteroatoms. The molecule has 2 N–H and O–H groups in total. The van der Waals surface area contributed by atoms with Gasteiger partial charge < -0.3 is 10.2 Å². The number of phenols is 2. The van der Waals surface area contributed by atoms with Crippen LogP contribution in [0.15, 0.2) is 72.9 Å². The van der Waals surface area contributed by atoms with Crippen LogP contribution in [0.3, 0.4) is 0 Å². The number of benzene rings is 2. The standard InChI is InChI=1S/C28H42O2.C22H32Si.Zr/c1-25(2,3)17-13-19(23(29)21(15-17)27(7,8)9)20-14-18(26(4,5)6)16-22(24(20)30)28(10,11)12;1-15-13-17-9-5-7-11-19(17)21(15)23(3,4)22-16(2)14-18-10-6-8-12-20(18)22;/h13-16,29-30H,1-12H3;5-12,15-22H,13-14H2,1-4H3;/q;;+2. The van der Waals surface area contributed by atoms with Gasteiger partial charge in [-0.3, -0.25) is 0 Å². The van der Waals surface area contributed by atoms with Crippen molar-refractivity contribution in [2.75, 3.05) is 0 Å². The van der Waals surface area contributed by atoms with Crippen LogP contribution in [0.1, 0.15) is 132 Å². The summed E-state index contributed by atoms with van der Waals surface area (Å²) in [5.41, 5.74) is 6.86. The van der Waals surface area contributed by atoms with Gasteiger partial charge in [-0.05, 0) is 104 Å². The Labute approximate surface area is 351 Å². The first-order chi connectivity index (χ1) is 24.2. The van der Waals surface area contributed by atoms with E-state index in [0.717, 1.165) is 68.8 Å². The summed E-state index contributed by atoms with van der Waals surface area (Å²) in [4.78, 5) is 0. The van der Waals surface area contributed by atoms with Gasteiger partial charge in [0.15, 0.2) is 0 Å². The summed E-state index contributed by atoms with van der Waals surface area (Å²) in [5, 5.41) is 22.7. The minimum atomic E-state index is -1.35. The second kappa shape index (κ2) is 15.8. The SMILES string of the molecule is CC(C)(C)c1cc(-c2cc(C(C)(C)C)cc(C(C)(C)C)c2O)c(O)c(C(C)(C)C)c1.CC1CC2C=CC=CC2C1[Si](C)(C)C1C(C)CC2C=CC=CC21.[Zr+2]. The fourth-order valence-corrected chi connectivity index (χ4v) is 17.2. The van der Waals surface area contributed by atoms with Crippen molar-refractivity contribution in [3.05, 3.63) is 95.1 Å². The van der Waals surface area contributed by atoms with Crippen LogP contribution in [0.4, 0.5) is 0 Å². The maximum atomic E-state index is 11.4. The predicted molar refractivity (Wildman–Crippen MR) is 233 cm³/mol. The molecule has 0 aromatic heterocycles. The van der Waals surface area contributed by atoms with Crippen LogP contribution in [-0.4, -0.2) is 18.3 Å². The van der Waals surface area contributed by atoms with E-state index in [1.807, 2.05) is 0 Å². The van der Waals surface area contributed by atoms with Crippen LogP contribution >= 0.6 is 0 Å². The molecule has 2 fully saturated rings. The molecule has 4 aliphatic rings. The van der Waals surface area contributed by atoms with E-state index in [4.69, 9.17) is 0 Å². The Balaban J connectivity index is 0.000000243. The minimum Gasteiger partial charge on any atom is -0.507 e. The van der Waals surface area contributed by atoms with Gasteiger partial charge in [0.25, 0.3) is 0 Å². The Morgan fingerprint density at radius 2 is 0.815 bits per heavy atom. The third-order valence-corrected chi connectivity index (χ3v) is 18.9. The van der Waals surface area contributed by atoms with Crippen LogP contribution in [0.5, 0.6) is 11.5 Å². The predicted octanol–water partition coefficient (Wildman–Crippen LogP) is 14.2. The van der Waals surface area contributed by atoms with Gasteiger partial charge in [0.05, 0.1) is 8.07 Å². The molecule has 8 atom stereocenters.